The Morgan fingerprint density at radius 2 is 1.93 bits per heavy atom. The van der Waals surface area contributed by atoms with Crippen molar-refractivity contribution in [2.45, 2.75) is 12.8 Å². The summed E-state index contributed by atoms with van der Waals surface area (Å²) in [5, 5.41) is 10.0. The standard InChI is InChI=1S/C10H10FNO3/c11-9-4-1-8(2-5-9)3-6-10(13)7-12(14)15/h1-2,4-5H,3,6-7H2. The Hall–Kier alpha value is -1.78. The molecular weight excluding hydrogens is 201 g/mol. The van der Waals surface area contributed by atoms with Gasteiger partial charge in [0.2, 0.25) is 5.78 Å². The number of nitrogens with zero attached hydrogens (tertiary/aromatic N) is 1. The van der Waals surface area contributed by atoms with E-state index in [-0.39, 0.29) is 12.2 Å². The number of halogens is 1. The third kappa shape index (κ3) is 4.30. The first-order chi connectivity index (χ1) is 7.08. The molecule has 0 aromatic heterocycles. The normalized spacial score (nSPS) is 9.93. The predicted octanol–water partition coefficient (Wildman–Crippen LogP) is 1.60. The van der Waals surface area contributed by atoms with Gasteiger partial charge in [0, 0.05) is 11.3 Å². The fraction of sp³-hybridized carbons (Fsp3) is 0.300. The van der Waals surface area contributed by atoms with E-state index in [1.54, 1.807) is 12.1 Å². The highest BCUT2D eigenvalue weighted by molar-refractivity contribution is 5.79. The zero-order chi connectivity index (χ0) is 11.3. The van der Waals surface area contributed by atoms with Gasteiger partial charge >= 0.3 is 0 Å². The Balaban J connectivity index is 2.40. The Labute approximate surface area is 85.9 Å². The summed E-state index contributed by atoms with van der Waals surface area (Å²) in [6, 6.07) is 5.73. The molecule has 0 aliphatic rings. The molecule has 0 aliphatic heterocycles. The number of rotatable bonds is 5. The van der Waals surface area contributed by atoms with Crippen LogP contribution in [-0.4, -0.2) is 17.3 Å². The number of aryl methyl sites for hydroxylation is 1. The molecule has 0 N–H and O–H groups in total. The largest absolute Gasteiger partial charge is 0.292 e. The molecule has 80 valence electrons. The number of hydrogen-bond acceptors (Lipinski definition) is 3. The molecule has 1 rings (SSSR count). The highest BCUT2D eigenvalue weighted by Gasteiger charge is 2.09. The van der Waals surface area contributed by atoms with Crippen LogP contribution in [0.25, 0.3) is 0 Å². The zero-order valence-corrected chi connectivity index (χ0v) is 7.98. The number of benzene rings is 1. The molecule has 0 bridgehead atoms. The van der Waals surface area contributed by atoms with E-state index in [2.05, 4.69) is 0 Å². The van der Waals surface area contributed by atoms with Crippen molar-refractivity contribution in [3.05, 3.63) is 45.8 Å². The molecule has 1 aromatic rings. The van der Waals surface area contributed by atoms with E-state index in [4.69, 9.17) is 0 Å². The molecule has 0 atom stereocenters. The lowest BCUT2D eigenvalue weighted by atomic mass is 10.1. The van der Waals surface area contributed by atoms with Gasteiger partial charge in [-0.05, 0) is 24.1 Å². The quantitative estimate of drug-likeness (QED) is 0.549. The molecule has 0 amide bonds. The highest BCUT2D eigenvalue weighted by atomic mass is 19.1. The van der Waals surface area contributed by atoms with Crippen molar-refractivity contribution >= 4 is 5.78 Å². The van der Waals surface area contributed by atoms with Crippen LogP contribution < -0.4 is 0 Å². The Bertz CT molecular complexity index is 361. The van der Waals surface area contributed by atoms with Gasteiger partial charge in [0.25, 0.3) is 6.54 Å². The van der Waals surface area contributed by atoms with Crippen LogP contribution in [-0.2, 0) is 11.2 Å². The van der Waals surface area contributed by atoms with E-state index < -0.39 is 17.3 Å². The van der Waals surface area contributed by atoms with Gasteiger partial charge in [0.1, 0.15) is 5.82 Å². The third-order valence-corrected chi connectivity index (χ3v) is 1.91. The van der Waals surface area contributed by atoms with E-state index in [9.17, 15) is 19.3 Å². The molecular formula is C10H10FNO3. The van der Waals surface area contributed by atoms with Gasteiger partial charge in [0.05, 0.1) is 0 Å². The number of nitro groups is 1. The number of Topliss-reactive ketones (excluding diaryl/α,β-unsaturated/α-hetero) is 1. The van der Waals surface area contributed by atoms with Crippen molar-refractivity contribution in [3.63, 3.8) is 0 Å². The summed E-state index contributed by atoms with van der Waals surface area (Å²) >= 11 is 0. The molecule has 0 fully saturated rings. The van der Waals surface area contributed by atoms with E-state index in [0.29, 0.717) is 6.42 Å². The minimum atomic E-state index is -0.646. The summed E-state index contributed by atoms with van der Waals surface area (Å²) in [6.07, 6.45) is 0.527. The van der Waals surface area contributed by atoms with Gasteiger partial charge < -0.3 is 0 Å². The molecule has 5 heteroatoms. The zero-order valence-electron chi connectivity index (χ0n) is 7.98. The van der Waals surface area contributed by atoms with Gasteiger partial charge in [-0.2, -0.15) is 0 Å². The van der Waals surface area contributed by atoms with Gasteiger partial charge in [-0.1, -0.05) is 12.1 Å². The Morgan fingerprint density at radius 3 is 2.47 bits per heavy atom. The van der Waals surface area contributed by atoms with Crippen LogP contribution in [0.4, 0.5) is 4.39 Å². The molecule has 15 heavy (non-hydrogen) atoms. The first-order valence-electron chi connectivity index (χ1n) is 4.46. The van der Waals surface area contributed by atoms with Crippen LogP contribution in [0.3, 0.4) is 0 Å². The maximum absolute atomic E-state index is 12.5. The molecule has 4 nitrogen and oxygen atoms in total. The second kappa shape index (κ2) is 5.19. The molecule has 0 saturated carbocycles. The summed E-state index contributed by atoms with van der Waals surface area (Å²) in [7, 11) is 0. The van der Waals surface area contributed by atoms with Gasteiger partial charge in [-0.3, -0.25) is 14.9 Å². The molecule has 0 aliphatic carbocycles. The molecule has 0 unspecified atom stereocenters. The van der Waals surface area contributed by atoms with Crippen molar-refractivity contribution in [2.75, 3.05) is 6.54 Å². The highest BCUT2D eigenvalue weighted by Crippen LogP contribution is 2.05. The molecule has 1 aromatic carbocycles. The van der Waals surface area contributed by atoms with Crippen LogP contribution in [0.15, 0.2) is 24.3 Å². The fourth-order valence-corrected chi connectivity index (χ4v) is 1.16. The second-order valence-electron chi connectivity index (χ2n) is 3.16. The van der Waals surface area contributed by atoms with E-state index in [1.807, 2.05) is 0 Å². The minimum absolute atomic E-state index is 0.118. The SMILES string of the molecule is O=C(CCc1ccc(F)cc1)C[N+](=O)[O-]. The summed E-state index contributed by atoms with van der Waals surface area (Å²) < 4.78 is 12.5. The van der Waals surface area contributed by atoms with E-state index >= 15 is 0 Å². The summed E-state index contributed by atoms with van der Waals surface area (Å²) in [6.45, 7) is -0.638. The number of ketones is 1. The first kappa shape index (κ1) is 11.3. The van der Waals surface area contributed by atoms with Crippen molar-refractivity contribution in [1.29, 1.82) is 0 Å². The topological polar surface area (TPSA) is 60.2 Å². The number of carbonyl (C=O) groups excluding carboxylic acids is 1. The molecule has 0 heterocycles. The van der Waals surface area contributed by atoms with Crippen LogP contribution in [0, 0.1) is 15.9 Å². The van der Waals surface area contributed by atoms with Crippen LogP contribution in [0.2, 0.25) is 0 Å². The van der Waals surface area contributed by atoms with Crippen molar-refractivity contribution in [1.82, 2.24) is 0 Å². The monoisotopic (exact) mass is 211 g/mol. The minimum Gasteiger partial charge on any atom is -0.292 e. The number of carbonyl (C=O) groups is 1. The summed E-state index contributed by atoms with van der Waals surface area (Å²) in [5.41, 5.74) is 0.799. The lowest BCUT2D eigenvalue weighted by Gasteiger charge is -1.98. The molecule has 0 saturated heterocycles. The maximum atomic E-state index is 12.5. The predicted molar refractivity (Wildman–Crippen MR) is 51.6 cm³/mol. The maximum Gasteiger partial charge on any atom is 0.261 e. The lowest BCUT2D eigenvalue weighted by Crippen LogP contribution is -2.13. The fourth-order valence-electron chi connectivity index (χ4n) is 1.16. The van der Waals surface area contributed by atoms with Crippen LogP contribution in [0.1, 0.15) is 12.0 Å². The van der Waals surface area contributed by atoms with E-state index in [0.717, 1.165) is 5.56 Å². The van der Waals surface area contributed by atoms with Crippen molar-refractivity contribution in [3.8, 4) is 0 Å². The Morgan fingerprint density at radius 1 is 1.33 bits per heavy atom. The Kier molecular flexibility index (Phi) is 3.91. The van der Waals surface area contributed by atoms with Crippen LogP contribution >= 0.6 is 0 Å². The van der Waals surface area contributed by atoms with Crippen molar-refractivity contribution < 1.29 is 14.1 Å². The van der Waals surface area contributed by atoms with Gasteiger partial charge in [-0.15, -0.1) is 0 Å². The first-order valence-corrected chi connectivity index (χ1v) is 4.46. The number of hydrogen-bond donors (Lipinski definition) is 0. The van der Waals surface area contributed by atoms with E-state index in [1.165, 1.54) is 12.1 Å². The molecule has 0 spiro atoms. The lowest BCUT2D eigenvalue weighted by molar-refractivity contribution is -0.467. The average molecular weight is 211 g/mol. The third-order valence-electron chi connectivity index (χ3n) is 1.91. The second-order valence-corrected chi connectivity index (χ2v) is 3.16. The smallest absolute Gasteiger partial charge is 0.261 e. The summed E-state index contributed by atoms with van der Waals surface area (Å²) in [4.78, 5) is 20.3. The van der Waals surface area contributed by atoms with Gasteiger partial charge in [0.15, 0.2) is 0 Å². The van der Waals surface area contributed by atoms with Crippen LogP contribution in [0.5, 0.6) is 0 Å². The summed E-state index contributed by atoms with van der Waals surface area (Å²) in [5.74, 6) is -0.750. The molecule has 0 radical (unpaired) electrons. The van der Waals surface area contributed by atoms with Gasteiger partial charge in [-0.25, -0.2) is 4.39 Å². The average Bonchev–Trinajstić information content (AvgIpc) is 2.16. The van der Waals surface area contributed by atoms with Crippen molar-refractivity contribution in [2.24, 2.45) is 0 Å².